The SMILES string of the molecule is CC(=NN1CCCCC1)C1C(=NN2CCCCC2)CCCC1=NN1CCCCC1. The highest BCUT2D eigenvalue weighted by molar-refractivity contribution is 6.24. The van der Waals surface area contributed by atoms with Crippen LogP contribution in [0.3, 0.4) is 0 Å². The maximum absolute atomic E-state index is 5.19. The van der Waals surface area contributed by atoms with Crippen LogP contribution in [-0.2, 0) is 0 Å². The minimum Gasteiger partial charge on any atom is -0.297 e. The molecule has 0 atom stereocenters. The minimum absolute atomic E-state index is 0.203. The third-order valence-electron chi connectivity index (χ3n) is 6.79. The number of piperidine rings is 3. The van der Waals surface area contributed by atoms with E-state index in [1.54, 1.807) is 0 Å². The van der Waals surface area contributed by atoms with Crippen molar-refractivity contribution in [3.05, 3.63) is 0 Å². The zero-order valence-electron chi connectivity index (χ0n) is 18.5. The Labute approximate surface area is 177 Å². The van der Waals surface area contributed by atoms with Gasteiger partial charge in [0.05, 0.1) is 17.3 Å². The highest BCUT2D eigenvalue weighted by Gasteiger charge is 2.31. The first-order chi connectivity index (χ1) is 14.3. The summed E-state index contributed by atoms with van der Waals surface area (Å²) in [5, 5.41) is 22.4. The zero-order valence-corrected chi connectivity index (χ0v) is 18.5. The summed E-state index contributed by atoms with van der Waals surface area (Å²) >= 11 is 0. The van der Waals surface area contributed by atoms with Crippen molar-refractivity contribution >= 4 is 17.1 Å². The zero-order chi connectivity index (χ0) is 19.9. The maximum atomic E-state index is 5.19. The molecule has 1 aliphatic carbocycles. The maximum Gasteiger partial charge on any atom is 0.0790 e. The second-order valence-electron chi connectivity index (χ2n) is 9.25. The van der Waals surface area contributed by atoms with E-state index in [2.05, 4.69) is 22.0 Å². The van der Waals surface area contributed by atoms with Crippen molar-refractivity contribution < 1.29 is 0 Å². The summed E-state index contributed by atoms with van der Waals surface area (Å²) in [5.74, 6) is 0.203. The first-order valence-electron chi connectivity index (χ1n) is 12.2. The van der Waals surface area contributed by atoms with Gasteiger partial charge in [-0.1, -0.05) is 0 Å². The van der Waals surface area contributed by atoms with Crippen LogP contribution in [0.25, 0.3) is 0 Å². The Morgan fingerprint density at radius 3 is 1.45 bits per heavy atom. The van der Waals surface area contributed by atoms with Gasteiger partial charge in [0.15, 0.2) is 0 Å². The van der Waals surface area contributed by atoms with E-state index in [0.29, 0.717) is 0 Å². The predicted octanol–water partition coefficient (Wildman–Crippen LogP) is 4.33. The largest absolute Gasteiger partial charge is 0.297 e. The van der Waals surface area contributed by atoms with E-state index in [0.717, 1.165) is 52.1 Å². The van der Waals surface area contributed by atoms with E-state index in [-0.39, 0.29) is 5.92 Å². The molecule has 6 nitrogen and oxygen atoms in total. The van der Waals surface area contributed by atoms with E-state index in [1.165, 1.54) is 81.3 Å². The summed E-state index contributed by atoms with van der Waals surface area (Å²) < 4.78 is 0. The normalized spacial score (nSPS) is 30.3. The summed E-state index contributed by atoms with van der Waals surface area (Å²) in [5.41, 5.74) is 3.83. The summed E-state index contributed by atoms with van der Waals surface area (Å²) in [7, 11) is 0. The first kappa shape index (κ1) is 20.7. The Bertz CT molecular complexity index is 571. The second-order valence-corrected chi connectivity index (χ2v) is 9.25. The molecule has 0 bridgehead atoms. The lowest BCUT2D eigenvalue weighted by molar-refractivity contribution is 0.233. The minimum atomic E-state index is 0.203. The van der Waals surface area contributed by atoms with Gasteiger partial charge in [-0.25, -0.2) is 0 Å². The number of hydrazone groups is 3. The average Bonchev–Trinajstić information content (AvgIpc) is 2.76. The van der Waals surface area contributed by atoms with Crippen LogP contribution in [-0.4, -0.2) is 71.4 Å². The molecule has 29 heavy (non-hydrogen) atoms. The number of hydrogen-bond acceptors (Lipinski definition) is 6. The van der Waals surface area contributed by atoms with Crippen LogP contribution in [0.15, 0.2) is 15.3 Å². The molecule has 3 aliphatic heterocycles. The Balaban J connectivity index is 1.59. The van der Waals surface area contributed by atoms with Gasteiger partial charge in [0.25, 0.3) is 0 Å². The number of nitrogens with zero attached hydrogens (tertiary/aromatic N) is 6. The molecular formula is C23H40N6. The lowest BCUT2D eigenvalue weighted by atomic mass is 9.82. The molecule has 0 N–H and O–H groups in total. The predicted molar refractivity (Wildman–Crippen MR) is 122 cm³/mol. The van der Waals surface area contributed by atoms with Crippen molar-refractivity contribution in [2.75, 3.05) is 39.3 Å². The van der Waals surface area contributed by atoms with Crippen LogP contribution in [0.2, 0.25) is 0 Å². The molecule has 0 spiro atoms. The van der Waals surface area contributed by atoms with Gasteiger partial charge >= 0.3 is 0 Å². The Hall–Kier alpha value is -1.59. The summed E-state index contributed by atoms with van der Waals surface area (Å²) in [4.78, 5) is 0. The van der Waals surface area contributed by atoms with Crippen LogP contribution in [0.4, 0.5) is 0 Å². The molecule has 0 aromatic carbocycles. The molecule has 4 fully saturated rings. The third-order valence-corrected chi connectivity index (χ3v) is 6.79. The summed E-state index contributed by atoms with van der Waals surface area (Å²) in [6, 6.07) is 0. The van der Waals surface area contributed by atoms with E-state index < -0.39 is 0 Å². The standard InChI is InChI=1S/C23H40N6/c1-20(24-27-14-5-2-6-15-27)23-21(25-28-16-7-3-8-17-28)12-11-13-22(23)26-29-18-9-4-10-19-29/h23H,2-19H2,1H3. The molecule has 0 aromatic heterocycles. The fourth-order valence-corrected chi connectivity index (χ4v) is 5.21. The van der Waals surface area contributed by atoms with Crippen molar-refractivity contribution in [3.8, 4) is 0 Å². The molecule has 0 aromatic rings. The molecule has 6 heteroatoms. The van der Waals surface area contributed by atoms with Gasteiger partial charge < -0.3 is 0 Å². The molecular weight excluding hydrogens is 360 g/mol. The molecule has 0 radical (unpaired) electrons. The fraction of sp³-hybridized carbons (Fsp3) is 0.870. The Morgan fingerprint density at radius 1 is 0.586 bits per heavy atom. The van der Waals surface area contributed by atoms with Gasteiger partial charge in [0.1, 0.15) is 0 Å². The van der Waals surface area contributed by atoms with Gasteiger partial charge in [-0.3, -0.25) is 15.0 Å². The highest BCUT2D eigenvalue weighted by Crippen LogP contribution is 2.25. The van der Waals surface area contributed by atoms with Gasteiger partial charge in [-0.05, 0) is 84.0 Å². The lowest BCUT2D eigenvalue weighted by Gasteiger charge is -2.33. The van der Waals surface area contributed by atoms with Crippen molar-refractivity contribution in [1.29, 1.82) is 0 Å². The van der Waals surface area contributed by atoms with Crippen molar-refractivity contribution in [3.63, 3.8) is 0 Å². The molecule has 3 saturated heterocycles. The summed E-state index contributed by atoms with van der Waals surface area (Å²) in [6.45, 7) is 8.85. The van der Waals surface area contributed by atoms with Crippen LogP contribution in [0, 0.1) is 5.92 Å². The van der Waals surface area contributed by atoms with E-state index >= 15 is 0 Å². The molecule has 4 aliphatic rings. The highest BCUT2D eigenvalue weighted by atomic mass is 15.5. The van der Waals surface area contributed by atoms with Gasteiger partial charge in [-0.15, -0.1) is 0 Å². The molecule has 3 heterocycles. The average molecular weight is 401 g/mol. The van der Waals surface area contributed by atoms with Gasteiger partial charge in [0.2, 0.25) is 0 Å². The van der Waals surface area contributed by atoms with E-state index in [9.17, 15) is 0 Å². The molecule has 0 amide bonds. The van der Waals surface area contributed by atoms with Gasteiger partial charge in [-0.2, -0.15) is 15.3 Å². The monoisotopic (exact) mass is 400 g/mol. The fourth-order valence-electron chi connectivity index (χ4n) is 5.21. The second kappa shape index (κ2) is 10.4. The van der Waals surface area contributed by atoms with Crippen molar-refractivity contribution in [2.45, 2.75) is 84.0 Å². The van der Waals surface area contributed by atoms with E-state index in [1.807, 2.05) is 0 Å². The Morgan fingerprint density at radius 2 is 1.00 bits per heavy atom. The topological polar surface area (TPSA) is 46.8 Å². The molecule has 1 saturated carbocycles. The van der Waals surface area contributed by atoms with Crippen molar-refractivity contribution in [2.24, 2.45) is 21.2 Å². The van der Waals surface area contributed by atoms with E-state index in [4.69, 9.17) is 15.3 Å². The Kier molecular flexibility index (Phi) is 7.44. The van der Waals surface area contributed by atoms with Crippen LogP contribution < -0.4 is 0 Å². The third kappa shape index (κ3) is 5.73. The molecule has 162 valence electrons. The molecule has 0 unspecified atom stereocenters. The smallest absolute Gasteiger partial charge is 0.0790 e. The van der Waals surface area contributed by atoms with Crippen LogP contribution in [0.1, 0.15) is 84.0 Å². The molecule has 4 rings (SSSR count). The quantitative estimate of drug-likeness (QED) is 0.660. The van der Waals surface area contributed by atoms with Crippen molar-refractivity contribution in [1.82, 2.24) is 15.0 Å². The number of hydrogen-bond donors (Lipinski definition) is 0. The van der Waals surface area contributed by atoms with Crippen LogP contribution >= 0.6 is 0 Å². The summed E-state index contributed by atoms with van der Waals surface area (Å²) in [6.07, 6.45) is 15.0. The number of rotatable bonds is 4. The first-order valence-corrected chi connectivity index (χ1v) is 12.2. The lowest BCUT2D eigenvalue weighted by Crippen LogP contribution is -2.40. The van der Waals surface area contributed by atoms with Gasteiger partial charge in [0, 0.05) is 45.0 Å². The van der Waals surface area contributed by atoms with Crippen LogP contribution in [0.5, 0.6) is 0 Å².